The highest BCUT2D eigenvalue weighted by atomic mass is 35.5. The Morgan fingerprint density at radius 3 is 2.79 bits per heavy atom. The molecule has 1 fully saturated rings. The fraction of sp³-hybridized carbons (Fsp3) is 0.500. The average Bonchev–Trinajstić information content (AvgIpc) is 2.67. The van der Waals surface area contributed by atoms with E-state index in [-0.39, 0.29) is 4.90 Å². The van der Waals surface area contributed by atoms with Crippen molar-refractivity contribution in [1.82, 2.24) is 9.62 Å². The van der Waals surface area contributed by atoms with Crippen LogP contribution >= 0.6 is 23.4 Å². The van der Waals surface area contributed by atoms with Gasteiger partial charge < -0.3 is 5.32 Å². The fourth-order valence-electron chi connectivity index (χ4n) is 2.02. The van der Waals surface area contributed by atoms with E-state index < -0.39 is 10.0 Å². The molecular weight excluding hydrogens is 304 g/mol. The minimum absolute atomic E-state index is 0.275. The summed E-state index contributed by atoms with van der Waals surface area (Å²) in [6.45, 7) is 2.61. The van der Waals surface area contributed by atoms with Crippen molar-refractivity contribution in [2.75, 3.05) is 32.4 Å². The zero-order chi connectivity index (χ0) is 13.9. The Bertz CT molecular complexity index is 541. The van der Waals surface area contributed by atoms with Gasteiger partial charge in [0, 0.05) is 24.5 Å². The summed E-state index contributed by atoms with van der Waals surface area (Å²) in [7, 11) is -3.43. The summed E-state index contributed by atoms with van der Waals surface area (Å²) in [6.07, 6.45) is 2.74. The number of nitrogens with zero attached hydrogens (tertiary/aromatic N) is 1. The number of hydrogen-bond donors (Lipinski definition) is 1. The number of benzene rings is 1. The predicted molar refractivity (Wildman–Crippen MR) is 79.5 cm³/mol. The van der Waals surface area contributed by atoms with Crippen LogP contribution in [0.5, 0.6) is 0 Å². The maximum absolute atomic E-state index is 12.5. The molecule has 1 aromatic carbocycles. The molecule has 0 atom stereocenters. The van der Waals surface area contributed by atoms with Gasteiger partial charge in [-0.15, -0.1) is 11.8 Å². The summed E-state index contributed by atoms with van der Waals surface area (Å²) in [5, 5.41) is 3.68. The van der Waals surface area contributed by atoms with E-state index in [1.165, 1.54) is 16.1 Å². The molecule has 1 aliphatic heterocycles. The predicted octanol–water partition coefficient (Wildman–Crippen LogP) is 2.05. The highest BCUT2D eigenvalue weighted by Crippen LogP contribution is 2.29. The van der Waals surface area contributed by atoms with Crippen molar-refractivity contribution in [2.24, 2.45) is 0 Å². The number of thioether (sulfide) groups is 1. The zero-order valence-electron chi connectivity index (χ0n) is 10.7. The van der Waals surface area contributed by atoms with Crippen LogP contribution in [0.2, 0.25) is 5.02 Å². The normalized spacial score (nSPS) is 18.2. The molecule has 0 bridgehead atoms. The van der Waals surface area contributed by atoms with E-state index in [2.05, 4.69) is 5.32 Å². The van der Waals surface area contributed by atoms with E-state index in [1.807, 2.05) is 6.26 Å². The van der Waals surface area contributed by atoms with Crippen LogP contribution in [0.3, 0.4) is 0 Å². The summed E-state index contributed by atoms with van der Waals surface area (Å²) in [5.41, 5.74) is 0. The Balaban J connectivity index is 2.30. The van der Waals surface area contributed by atoms with Crippen molar-refractivity contribution >= 4 is 33.4 Å². The van der Waals surface area contributed by atoms with Crippen molar-refractivity contribution < 1.29 is 8.42 Å². The van der Waals surface area contributed by atoms with E-state index in [1.54, 1.807) is 18.2 Å². The SMILES string of the molecule is CSc1ccc(S(=O)(=O)N2CCCNCC2)cc1Cl. The smallest absolute Gasteiger partial charge is 0.243 e. The molecule has 1 aromatic rings. The molecule has 1 aliphatic rings. The fourth-order valence-corrected chi connectivity index (χ4v) is 4.46. The van der Waals surface area contributed by atoms with Gasteiger partial charge in [0.25, 0.3) is 0 Å². The van der Waals surface area contributed by atoms with Gasteiger partial charge in [0.15, 0.2) is 0 Å². The summed E-state index contributed by atoms with van der Waals surface area (Å²) in [6, 6.07) is 4.93. The van der Waals surface area contributed by atoms with Gasteiger partial charge >= 0.3 is 0 Å². The monoisotopic (exact) mass is 320 g/mol. The van der Waals surface area contributed by atoms with Crippen LogP contribution in [0.1, 0.15) is 6.42 Å². The third-order valence-electron chi connectivity index (χ3n) is 3.06. The number of sulfonamides is 1. The molecule has 0 aliphatic carbocycles. The van der Waals surface area contributed by atoms with Crippen LogP contribution in [0.4, 0.5) is 0 Å². The van der Waals surface area contributed by atoms with Gasteiger partial charge in [-0.2, -0.15) is 4.31 Å². The molecule has 106 valence electrons. The number of nitrogens with one attached hydrogen (secondary N) is 1. The first-order valence-corrected chi connectivity index (χ1v) is 9.14. The number of halogens is 1. The van der Waals surface area contributed by atoms with Crippen LogP contribution in [0.25, 0.3) is 0 Å². The van der Waals surface area contributed by atoms with Crippen molar-refractivity contribution in [3.8, 4) is 0 Å². The Kier molecular flexibility index (Phi) is 5.14. The highest BCUT2D eigenvalue weighted by molar-refractivity contribution is 7.98. The lowest BCUT2D eigenvalue weighted by molar-refractivity contribution is 0.432. The second kappa shape index (κ2) is 6.45. The van der Waals surface area contributed by atoms with Gasteiger partial charge in [-0.1, -0.05) is 11.6 Å². The lowest BCUT2D eigenvalue weighted by Gasteiger charge is -2.20. The average molecular weight is 321 g/mol. The molecule has 4 nitrogen and oxygen atoms in total. The van der Waals surface area contributed by atoms with E-state index >= 15 is 0 Å². The summed E-state index contributed by atoms with van der Waals surface area (Å²) >= 11 is 7.59. The second-order valence-corrected chi connectivity index (χ2v) is 7.50. The quantitative estimate of drug-likeness (QED) is 0.866. The second-order valence-electron chi connectivity index (χ2n) is 4.30. The van der Waals surface area contributed by atoms with E-state index in [0.29, 0.717) is 24.7 Å². The lowest BCUT2D eigenvalue weighted by Crippen LogP contribution is -2.34. The van der Waals surface area contributed by atoms with Crippen molar-refractivity contribution in [3.05, 3.63) is 23.2 Å². The number of hydrogen-bond acceptors (Lipinski definition) is 4. The maximum Gasteiger partial charge on any atom is 0.243 e. The minimum atomic E-state index is -3.43. The minimum Gasteiger partial charge on any atom is -0.315 e. The van der Waals surface area contributed by atoms with E-state index in [4.69, 9.17) is 11.6 Å². The van der Waals surface area contributed by atoms with Crippen LogP contribution in [-0.4, -0.2) is 45.2 Å². The molecule has 19 heavy (non-hydrogen) atoms. The number of rotatable bonds is 3. The van der Waals surface area contributed by atoms with Gasteiger partial charge in [-0.25, -0.2) is 8.42 Å². The van der Waals surface area contributed by atoms with Crippen molar-refractivity contribution in [2.45, 2.75) is 16.2 Å². The molecule has 1 saturated heterocycles. The summed E-state index contributed by atoms with van der Waals surface area (Å²) in [5.74, 6) is 0. The van der Waals surface area contributed by atoms with E-state index in [0.717, 1.165) is 17.9 Å². The summed E-state index contributed by atoms with van der Waals surface area (Å²) in [4.78, 5) is 1.16. The molecule has 1 heterocycles. The molecule has 0 aromatic heterocycles. The molecule has 0 amide bonds. The van der Waals surface area contributed by atoms with Crippen LogP contribution in [0.15, 0.2) is 28.0 Å². The van der Waals surface area contributed by atoms with Crippen molar-refractivity contribution in [1.29, 1.82) is 0 Å². The van der Waals surface area contributed by atoms with Crippen LogP contribution in [0, 0.1) is 0 Å². The van der Waals surface area contributed by atoms with E-state index in [9.17, 15) is 8.42 Å². The highest BCUT2D eigenvalue weighted by Gasteiger charge is 2.25. The third kappa shape index (κ3) is 3.44. The van der Waals surface area contributed by atoms with Gasteiger partial charge in [-0.05, 0) is 37.4 Å². The van der Waals surface area contributed by atoms with Gasteiger partial charge in [0.2, 0.25) is 10.0 Å². The largest absolute Gasteiger partial charge is 0.315 e. The lowest BCUT2D eigenvalue weighted by atomic mass is 10.4. The first-order chi connectivity index (χ1) is 9.05. The Morgan fingerprint density at radius 1 is 1.32 bits per heavy atom. The molecule has 0 saturated carbocycles. The van der Waals surface area contributed by atoms with Gasteiger partial charge in [-0.3, -0.25) is 0 Å². The Labute approximate surface area is 123 Å². The molecule has 0 radical (unpaired) electrons. The topological polar surface area (TPSA) is 49.4 Å². The zero-order valence-corrected chi connectivity index (χ0v) is 13.1. The molecule has 2 rings (SSSR count). The Hall–Kier alpha value is -0.270. The van der Waals surface area contributed by atoms with Gasteiger partial charge in [0.1, 0.15) is 0 Å². The third-order valence-corrected chi connectivity index (χ3v) is 6.18. The van der Waals surface area contributed by atoms with Gasteiger partial charge in [0.05, 0.1) is 9.92 Å². The first-order valence-electron chi connectivity index (χ1n) is 6.10. The van der Waals surface area contributed by atoms with Crippen LogP contribution < -0.4 is 5.32 Å². The first kappa shape index (κ1) is 15.1. The maximum atomic E-state index is 12.5. The summed E-state index contributed by atoms with van der Waals surface area (Å²) < 4.78 is 26.6. The van der Waals surface area contributed by atoms with Crippen LogP contribution in [-0.2, 0) is 10.0 Å². The van der Waals surface area contributed by atoms with Crippen molar-refractivity contribution in [3.63, 3.8) is 0 Å². The molecule has 7 heteroatoms. The molecule has 0 spiro atoms. The molecule has 1 N–H and O–H groups in total. The molecule has 0 unspecified atom stereocenters. The molecular formula is C12H17ClN2O2S2. The standard InChI is InChI=1S/C12H17ClN2O2S2/c1-18-12-4-3-10(9-11(12)13)19(16,17)15-7-2-5-14-6-8-15/h3-4,9,14H,2,5-8H2,1H3. The Morgan fingerprint density at radius 2 is 2.11 bits per heavy atom.